The van der Waals surface area contributed by atoms with Crippen molar-refractivity contribution in [2.45, 2.75) is 0 Å². The van der Waals surface area contributed by atoms with Gasteiger partial charge in [-0.25, -0.2) is 0 Å². The van der Waals surface area contributed by atoms with E-state index in [0.717, 1.165) is 15.9 Å². The number of thiol groups is 1. The predicted octanol–water partition coefficient (Wildman–Crippen LogP) is 2.78. The highest BCUT2D eigenvalue weighted by Crippen LogP contribution is 2.29. The van der Waals surface area contributed by atoms with E-state index in [-0.39, 0.29) is 0 Å². The molecule has 1 aromatic carbocycles. The summed E-state index contributed by atoms with van der Waals surface area (Å²) in [6.07, 6.45) is 0. The Kier molecular flexibility index (Phi) is 3.93. The van der Waals surface area contributed by atoms with Crippen LogP contribution in [0.1, 0.15) is 0 Å². The Bertz CT molecular complexity index is 293. The SMILES string of the molecule is COc1ccc(N(C)CS)cc1Br. The summed E-state index contributed by atoms with van der Waals surface area (Å²) < 4.78 is 6.09. The molecule has 1 aromatic rings. The van der Waals surface area contributed by atoms with Crippen LogP contribution >= 0.6 is 28.6 Å². The van der Waals surface area contributed by atoms with Crippen molar-refractivity contribution in [2.75, 3.05) is 24.9 Å². The van der Waals surface area contributed by atoms with Gasteiger partial charge in [0.25, 0.3) is 0 Å². The van der Waals surface area contributed by atoms with Crippen LogP contribution in [0.4, 0.5) is 5.69 Å². The standard InChI is InChI=1S/C9H12BrNOS/c1-11(6-13)7-3-4-9(12-2)8(10)5-7/h3-5,13H,6H2,1-2H3. The van der Waals surface area contributed by atoms with Gasteiger partial charge in [-0.1, -0.05) is 0 Å². The van der Waals surface area contributed by atoms with E-state index in [0.29, 0.717) is 5.88 Å². The van der Waals surface area contributed by atoms with Gasteiger partial charge in [0.05, 0.1) is 17.5 Å². The Balaban J connectivity index is 2.95. The summed E-state index contributed by atoms with van der Waals surface area (Å²) >= 11 is 7.62. The molecule has 0 radical (unpaired) electrons. The molecule has 0 heterocycles. The molecule has 0 aliphatic carbocycles. The number of ether oxygens (including phenoxy) is 1. The summed E-state index contributed by atoms with van der Waals surface area (Å²) in [6.45, 7) is 0. The maximum absolute atomic E-state index is 5.13. The van der Waals surface area contributed by atoms with Gasteiger partial charge in [0.1, 0.15) is 5.75 Å². The molecule has 0 amide bonds. The average Bonchev–Trinajstić information content (AvgIpc) is 2.16. The second-order valence-corrected chi connectivity index (χ2v) is 3.80. The topological polar surface area (TPSA) is 12.5 Å². The molecule has 0 saturated heterocycles. The fourth-order valence-corrected chi connectivity index (χ4v) is 1.67. The van der Waals surface area contributed by atoms with Crippen LogP contribution in [0.2, 0.25) is 0 Å². The third-order valence-electron chi connectivity index (χ3n) is 1.79. The molecule has 0 spiro atoms. The zero-order valence-corrected chi connectivity index (χ0v) is 10.1. The van der Waals surface area contributed by atoms with Crippen molar-refractivity contribution < 1.29 is 4.74 Å². The maximum atomic E-state index is 5.13. The molecular weight excluding hydrogens is 250 g/mol. The van der Waals surface area contributed by atoms with Crippen molar-refractivity contribution >= 4 is 34.2 Å². The minimum absolute atomic E-state index is 0.693. The Morgan fingerprint density at radius 3 is 2.69 bits per heavy atom. The van der Waals surface area contributed by atoms with Gasteiger partial charge in [-0.3, -0.25) is 0 Å². The number of halogens is 1. The fourth-order valence-electron chi connectivity index (χ4n) is 0.974. The molecule has 0 unspecified atom stereocenters. The summed E-state index contributed by atoms with van der Waals surface area (Å²) in [5, 5.41) is 0. The highest BCUT2D eigenvalue weighted by molar-refractivity contribution is 9.10. The third-order valence-corrected chi connectivity index (χ3v) is 2.83. The minimum Gasteiger partial charge on any atom is -0.496 e. The van der Waals surface area contributed by atoms with Gasteiger partial charge in [-0.2, -0.15) is 12.6 Å². The largest absolute Gasteiger partial charge is 0.496 e. The summed E-state index contributed by atoms with van der Waals surface area (Å²) in [5.74, 6) is 1.54. The smallest absolute Gasteiger partial charge is 0.133 e. The van der Waals surface area contributed by atoms with Gasteiger partial charge in [-0.05, 0) is 34.1 Å². The zero-order chi connectivity index (χ0) is 9.84. The molecule has 0 fully saturated rings. The summed E-state index contributed by atoms with van der Waals surface area (Å²) in [4.78, 5) is 2.04. The van der Waals surface area contributed by atoms with Crippen LogP contribution in [-0.4, -0.2) is 20.0 Å². The molecule has 13 heavy (non-hydrogen) atoms. The van der Waals surface area contributed by atoms with Crippen LogP contribution in [0.15, 0.2) is 22.7 Å². The molecule has 72 valence electrons. The average molecular weight is 262 g/mol. The van der Waals surface area contributed by atoms with E-state index >= 15 is 0 Å². The molecule has 0 aromatic heterocycles. The first kappa shape index (κ1) is 10.7. The van der Waals surface area contributed by atoms with E-state index in [1.54, 1.807) is 7.11 Å². The van der Waals surface area contributed by atoms with Gasteiger partial charge in [0.15, 0.2) is 0 Å². The van der Waals surface area contributed by atoms with Crippen LogP contribution in [0.5, 0.6) is 5.75 Å². The molecule has 0 saturated carbocycles. The Hall–Kier alpha value is -0.350. The van der Waals surface area contributed by atoms with E-state index in [4.69, 9.17) is 4.74 Å². The highest BCUT2D eigenvalue weighted by atomic mass is 79.9. The van der Waals surface area contributed by atoms with Gasteiger partial charge in [0, 0.05) is 12.7 Å². The predicted molar refractivity (Wildman–Crippen MR) is 63.0 cm³/mol. The van der Waals surface area contributed by atoms with Gasteiger partial charge < -0.3 is 9.64 Å². The molecule has 0 aliphatic heterocycles. The Morgan fingerprint density at radius 1 is 1.54 bits per heavy atom. The van der Waals surface area contributed by atoms with Crippen LogP contribution < -0.4 is 9.64 Å². The van der Waals surface area contributed by atoms with E-state index in [1.165, 1.54) is 0 Å². The maximum Gasteiger partial charge on any atom is 0.133 e. The zero-order valence-electron chi connectivity index (χ0n) is 7.62. The molecule has 4 heteroatoms. The van der Waals surface area contributed by atoms with Crippen LogP contribution in [0, 0.1) is 0 Å². The number of hydrogen-bond acceptors (Lipinski definition) is 3. The van der Waals surface area contributed by atoms with Crippen LogP contribution in [-0.2, 0) is 0 Å². The van der Waals surface area contributed by atoms with Crippen molar-refractivity contribution in [1.29, 1.82) is 0 Å². The van der Waals surface area contributed by atoms with Crippen molar-refractivity contribution in [3.05, 3.63) is 22.7 Å². The lowest BCUT2D eigenvalue weighted by molar-refractivity contribution is 0.412. The second-order valence-electron chi connectivity index (χ2n) is 2.66. The van der Waals surface area contributed by atoms with Crippen molar-refractivity contribution in [1.82, 2.24) is 0 Å². The Labute approximate surface area is 92.4 Å². The lowest BCUT2D eigenvalue weighted by atomic mass is 10.3. The quantitative estimate of drug-likeness (QED) is 0.664. The van der Waals surface area contributed by atoms with Crippen LogP contribution in [0.25, 0.3) is 0 Å². The summed E-state index contributed by atoms with van der Waals surface area (Å²) in [6, 6.07) is 5.94. The van der Waals surface area contributed by atoms with E-state index in [9.17, 15) is 0 Å². The van der Waals surface area contributed by atoms with Crippen molar-refractivity contribution in [2.24, 2.45) is 0 Å². The molecule has 0 bridgehead atoms. The second kappa shape index (κ2) is 4.77. The van der Waals surface area contributed by atoms with E-state index in [1.807, 2.05) is 30.1 Å². The molecule has 0 aliphatic rings. The Morgan fingerprint density at radius 2 is 2.23 bits per heavy atom. The number of methoxy groups -OCH3 is 1. The molecular formula is C9H12BrNOS. The van der Waals surface area contributed by atoms with E-state index < -0.39 is 0 Å². The van der Waals surface area contributed by atoms with Gasteiger partial charge in [-0.15, -0.1) is 0 Å². The number of hydrogen-bond donors (Lipinski definition) is 1. The third kappa shape index (κ3) is 2.54. The summed E-state index contributed by atoms with van der Waals surface area (Å²) in [5.41, 5.74) is 1.11. The van der Waals surface area contributed by atoms with Crippen molar-refractivity contribution in [3.63, 3.8) is 0 Å². The number of anilines is 1. The highest BCUT2D eigenvalue weighted by Gasteiger charge is 2.03. The monoisotopic (exact) mass is 261 g/mol. The lowest BCUT2D eigenvalue weighted by Crippen LogP contribution is -2.13. The molecule has 0 atom stereocenters. The number of nitrogens with zero attached hydrogens (tertiary/aromatic N) is 1. The normalized spacial score (nSPS) is 9.85. The fraction of sp³-hybridized carbons (Fsp3) is 0.333. The van der Waals surface area contributed by atoms with Gasteiger partial charge >= 0.3 is 0 Å². The number of benzene rings is 1. The number of rotatable bonds is 3. The minimum atomic E-state index is 0.693. The first-order valence-corrected chi connectivity index (χ1v) is 5.27. The lowest BCUT2D eigenvalue weighted by Gasteiger charge is -2.17. The first-order valence-electron chi connectivity index (χ1n) is 3.84. The first-order chi connectivity index (χ1) is 6.19. The summed E-state index contributed by atoms with van der Waals surface area (Å²) in [7, 11) is 3.64. The van der Waals surface area contributed by atoms with Crippen LogP contribution in [0.3, 0.4) is 0 Å². The van der Waals surface area contributed by atoms with Gasteiger partial charge in [0.2, 0.25) is 0 Å². The molecule has 1 rings (SSSR count). The molecule has 2 nitrogen and oxygen atoms in total. The molecule has 0 N–H and O–H groups in total. The van der Waals surface area contributed by atoms with E-state index in [2.05, 4.69) is 28.6 Å². The van der Waals surface area contributed by atoms with Crippen molar-refractivity contribution in [3.8, 4) is 5.75 Å².